The van der Waals surface area contributed by atoms with Crippen LogP contribution in [0.25, 0.3) is 0 Å². The van der Waals surface area contributed by atoms with Gasteiger partial charge in [-0.15, -0.1) is 11.3 Å². The fraction of sp³-hybridized carbons (Fsp3) is 0.538. The Labute approximate surface area is 191 Å². The van der Waals surface area contributed by atoms with Gasteiger partial charge in [-0.2, -0.15) is 0 Å². The van der Waals surface area contributed by atoms with Gasteiger partial charge in [0.1, 0.15) is 6.54 Å². The molecular weight excluding hydrogens is 404 g/mol. The molecule has 0 aliphatic carbocycles. The number of hydrogen-bond acceptors (Lipinski definition) is 3. The van der Waals surface area contributed by atoms with E-state index in [9.17, 15) is 9.59 Å². The Kier molecular flexibility index (Phi) is 6.66. The molecule has 0 bridgehead atoms. The van der Waals surface area contributed by atoms with E-state index in [2.05, 4.69) is 63.4 Å². The van der Waals surface area contributed by atoms with E-state index in [0.717, 1.165) is 12.0 Å². The predicted molar refractivity (Wildman–Crippen MR) is 128 cm³/mol. The SMILES string of the molecule is Cc1ccc(C2c3ccsc3CCN2C(=O)CN(C(=O)CC(C)(C)C)C(C)(C)C)cc1. The molecule has 0 saturated heterocycles. The van der Waals surface area contributed by atoms with Gasteiger partial charge in [-0.1, -0.05) is 50.6 Å². The molecule has 4 nitrogen and oxygen atoms in total. The van der Waals surface area contributed by atoms with E-state index in [1.807, 2.05) is 25.7 Å². The van der Waals surface area contributed by atoms with E-state index in [1.54, 1.807) is 16.2 Å². The van der Waals surface area contributed by atoms with Crippen LogP contribution in [0.3, 0.4) is 0 Å². The van der Waals surface area contributed by atoms with Gasteiger partial charge in [0.25, 0.3) is 0 Å². The summed E-state index contributed by atoms with van der Waals surface area (Å²) in [5.41, 5.74) is 3.01. The van der Waals surface area contributed by atoms with E-state index in [1.165, 1.54) is 16.0 Å². The lowest BCUT2D eigenvalue weighted by Gasteiger charge is -2.41. The minimum Gasteiger partial charge on any atom is -0.330 e. The molecule has 1 unspecified atom stereocenters. The molecule has 1 aliphatic rings. The summed E-state index contributed by atoms with van der Waals surface area (Å²) in [6.07, 6.45) is 1.29. The van der Waals surface area contributed by atoms with E-state index < -0.39 is 5.54 Å². The predicted octanol–water partition coefficient (Wildman–Crippen LogP) is 5.59. The van der Waals surface area contributed by atoms with Crippen LogP contribution in [0, 0.1) is 12.3 Å². The van der Waals surface area contributed by atoms with Crippen LogP contribution in [-0.4, -0.2) is 40.2 Å². The van der Waals surface area contributed by atoms with Crippen molar-refractivity contribution in [3.05, 3.63) is 57.3 Å². The van der Waals surface area contributed by atoms with E-state index in [-0.39, 0.29) is 29.8 Å². The number of aryl methyl sites for hydroxylation is 1. The van der Waals surface area contributed by atoms with E-state index >= 15 is 0 Å². The maximum atomic E-state index is 13.6. The molecule has 1 atom stereocenters. The zero-order valence-electron chi connectivity index (χ0n) is 20.0. The Morgan fingerprint density at radius 2 is 1.71 bits per heavy atom. The fourth-order valence-corrected chi connectivity index (χ4v) is 5.07. The smallest absolute Gasteiger partial charge is 0.243 e. The van der Waals surface area contributed by atoms with Gasteiger partial charge in [-0.05, 0) is 62.1 Å². The molecular formula is C26H36N2O2S. The molecule has 168 valence electrons. The number of carbonyl (C=O) groups is 2. The third-order valence-corrected chi connectivity index (χ3v) is 6.76. The maximum absolute atomic E-state index is 13.6. The van der Waals surface area contributed by atoms with Crippen molar-refractivity contribution in [2.75, 3.05) is 13.1 Å². The lowest BCUT2D eigenvalue weighted by Crippen LogP contribution is -2.53. The summed E-state index contributed by atoms with van der Waals surface area (Å²) in [6.45, 7) is 15.1. The Morgan fingerprint density at radius 3 is 2.29 bits per heavy atom. The summed E-state index contributed by atoms with van der Waals surface area (Å²) in [4.78, 5) is 31.9. The van der Waals surface area contributed by atoms with E-state index in [4.69, 9.17) is 0 Å². The standard InChI is InChI=1S/C26H36N2O2S/c1-18-8-10-19(11-9-18)24-20-13-15-31-21(20)12-14-27(24)23(30)17-28(26(5,6)7)22(29)16-25(2,3)4/h8-11,13,15,24H,12,14,16-17H2,1-7H3. The molecule has 31 heavy (non-hydrogen) atoms. The first kappa shape index (κ1) is 23.5. The van der Waals surface area contributed by atoms with Gasteiger partial charge in [-0.25, -0.2) is 0 Å². The largest absolute Gasteiger partial charge is 0.330 e. The average Bonchev–Trinajstić information content (AvgIpc) is 3.12. The molecule has 1 aromatic carbocycles. The van der Waals surface area contributed by atoms with Gasteiger partial charge in [0.15, 0.2) is 0 Å². The number of rotatable bonds is 4. The zero-order valence-corrected chi connectivity index (χ0v) is 20.8. The average molecular weight is 441 g/mol. The third kappa shape index (κ3) is 5.57. The highest BCUT2D eigenvalue weighted by molar-refractivity contribution is 7.10. The van der Waals surface area contributed by atoms with Crippen molar-refractivity contribution in [1.82, 2.24) is 9.80 Å². The van der Waals surface area contributed by atoms with Crippen molar-refractivity contribution in [3.63, 3.8) is 0 Å². The topological polar surface area (TPSA) is 40.6 Å². The number of carbonyl (C=O) groups excluding carboxylic acids is 2. The molecule has 5 heteroatoms. The zero-order chi connectivity index (χ0) is 23.0. The van der Waals surface area contributed by atoms with Crippen molar-refractivity contribution in [2.24, 2.45) is 5.41 Å². The second-order valence-corrected chi connectivity index (χ2v) is 11.8. The summed E-state index contributed by atoms with van der Waals surface area (Å²) >= 11 is 1.77. The van der Waals surface area contributed by atoms with Gasteiger partial charge in [0, 0.05) is 23.4 Å². The van der Waals surface area contributed by atoms with Gasteiger partial charge < -0.3 is 9.80 Å². The molecule has 0 spiro atoms. The van der Waals surface area contributed by atoms with Crippen LogP contribution >= 0.6 is 11.3 Å². The quantitative estimate of drug-likeness (QED) is 0.621. The number of benzene rings is 1. The van der Waals surface area contributed by atoms with Crippen LogP contribution in [0.2, 0.25) is 0 Å². The molecule has 2 heterocycles. The summed E-state index contributed by atoms with van der Waals surface area (Å²) in [5, 5.41) is 2.12. The molecule has 1 aromatic heterocycles. The lowest BCUT2D eigenvalue weighted by atomic mass is 9.90. The number of thiophene rings is 1. The Hall–Kier alpha value is -2.14. The molecule has 0 fully saturated rings. The lowest BCUT2D eigenvalue weighted by molar-refractivity contribution is -0.147. The maximum Gasteiger partial charge on any atom is 0.243 e. The highest BCUT2D eigenvalue weighted by atomic mass is 32.1. The summed E-state index contributed by atoms with van der Waals surface area (Å²) in [6, 6.07) is 10.5. The van der Waals surface area contributed by atoms with Crippen molar-refractivity contribution >= 4 is 23.2 Å². The second kappa shape index (κ2) is 8.78. The molecule has 2 aromatic rings. The first-order valence-corrected chi connectivity index (χ1v) is 12.0. The summed E-state index contributed by atoms with van der Waals surface area (Å²) in [5.74, 6) is 0.0491. The minimum absolute atomic E-state index is 0.0135. The van der Waals surface area contributed by atoms with Crippen LogP contribution in [-0.2, 0) is 16.0 Å². The van der Waals surface area contributed by atoms with Crippen molar-refractivity contribution in [3.8, 4) is 0 Å². The fourth-order valence-electron chi connectivity index (χ4n) is 4.17. The molecule has 3 rings (SSSR count). The van der Waals surface area contributed by atoms with E-state index in [0.29, 0.717) is 13.0 Å². The normalized spacial score (nSPS) is 16.7. The highest BCUT2D eigenvalue weighted by Gasteiger charge is 2.36. The number of fused-ring (bicyclic) bond motifs is 1. The monoisotopic (exact) mass is 440 g/mol. The molecule has 0 N–H and O–H groups in total. The Morgan fingerprint density at radius 1 is 1.06 bits per heavy atom. The van der Waals surface area contributed by atoms with Crippen LogP contribution in [0.15, 0.2) is 35.7 Å². The second-order valence-electron chi connectivity index (χ2n) is 10.8. The summed E-state index contributed by atoms with van der Waals surface area (Å²) in [7, 11) is 0. The third-order valence-electron chi connectivity index (χ3n) is 5.77. The number of hydrogen-bond donors (Lipinski definition) is 0. The summed E-state index contributed by atoms with van der Waals surface area (Å²) < 4.78 is 0. The van der Waals surface area contributed by atoms with Crippen molar-refractivity contribution in [1.29, 1.82) is 0 Å². The first-order chi connectivity index (χ1) is 14.4. The Balaban J connectivity index is 1.90. The van der Waals surface area contributed by atoms with Crippen LogP contribution < -0.4 is 0 Å². The van der Waals surface area contributed by atoms with Crippen molar-refractivity contribution < 1.29 is 9.59 Å². The van der Waals surface area contributed by atoms with Crippen molar-refractivity contribution in [2.45, 2.75) is 72.9 Å². The number of nitrogens with zero attached hydrogens (tertiary/aromatic N) is 2. The molecule has 0 saturated carbocycles. The first-order valence-electron chi connectivity index (χ1n) is 11.1. The molecule has 2 amide bonds. The Bertz CT molecular complexity index is 932. The minimum atomic E-state index is -0.416. The van der Waals surface area contributed by atoms with Crippen LogP contribution in [0.4, 0.5) is 0 Å². The van der Waals surface area contributed by atoms with Crippen LogP contribution in [0.5, 0.6) is 0 Å². The van der Waals surface area contributed by atoms with Gasteiger partial charge in [0.05, 0.1) is 6.04 Å². The van der Waals surface area contributed by atoms with Gasteiger partial charge in [0.2, 0.25) is 11.8 Å². The molecule has 1 aliphatic heterocycles. The van der Waals surface area contributed by atoms with Crippen LogP contribution in [0.1, 0.15) is 75.6 Å². The van der Waals surface area contributed by atoms with Gasteiger partial charge >= 0.3 is 0 Å². The molecule has 0 radical (unpaired) electrons. The number of amides is 2. The highest BCUT2D eigenvalue weighted by Crippen LogP contribution is 2.38. The van der Waals surface area contributed by atoms with Gasteiger partial charge in [-0.3, -0.25) is 9.59 Å².